The van der Waals surface area contributed by atoms with Crippen molar-refractivity contribution >= 4 is 11.6 Å². The molecule has 3 heteroatoms. The first kappa shape index (κ1) is 13.9. The topological polar surface area (TPSA) is 21.3 Å². The molecule has 0 aliphatic rings. The molecule has 2 aromatic carbocycles. The Morgan fingerprint density at radius 2 is 1.84 bits per heavy atom. The van der Waals surface area contributed by atoms with Crippen LogP contribution in [0.25, 0.3) is 0 Å². The van der Waals surface area contributed by atoms with Gasteiger partial charge in [-0.2, -0.15) is 0 Å². The van der Waals surface area contributed by atoms with E-state index in [9.17, 15) is 0 Å². The molecule has 0 aliphatic heterocycles. The molecular formula is C16H18ClNO. The van der Waals surface area contributed by atoms with Gasteiger partial charge in [0.2, 0.25) is 0 Å². The highest BCUT2D eigenvalue weighted by Gasteiger charge is 2.18. The zero-order chi connectivity index (χ0) is 13.8. The van der Waals surface area contributed by atoms with E-state index in [0.29, 0.717) is 5.02 Å². The molecule has 0 saturated carbocycles. The molecule has 0 saturated heterocycles. The first-order valence-electron chi connectivity index (χ1n) is 6.23. The number of benzene rings is 2. The van der Waals surface area contributed by atoms with Crippen LogP contribution in [0.15, 0.2) is 42.5 Å². The molecule has 0 heterocycles. The second kappa shape index (κ2) is 6.09. The predicted octanol–water partition coefficient (Wildman–Crippen LogP) is 3.97. The quantitative estimate of drug-likeness (QED) is 0.912. The van der Waals surface area contributed by atoms with Crippen molar-refractivity contribution in [2.24, 2.45) is 0 Å². The molecule has 0 spiro atoms. The van der Waals surface area contributed by atoms with Gasteiger partial charge in [0.25, 0.3) is 0 Å². The Labute approximate surface area is 119 Å². The summed E-state index contributed by atoms with van der Waals surface area (Å²) in [6, 6.07) is 14.1. The van der Waals surface area contributed by atoms with E-state index in [-0.39, 0.29) is 6.04 Å². The van der Waals surface area contributed by atoms with E-state index in [1.807, 2.05) is 37.4 Å². The molecule has 19 heavy (non-hydrogen) atoms. The molecule has 2 nitrogen and oxygen atoms in total. The Morgan fingerprint density at radius 3 is 2.47 bits per heavy atom. The van der Waals surface area contributed by atoms with Crippen LogP contribution < -0.4 is 10.1 Å². The Morgan fingerprint density at radius 1 is 1.11 bits per heavy atom. The van der Waals surface area contributed by atoms with Crippen LogP contribution in [0.4, 0.5) is 0 Å². The number of hydrogen-bond acceptors (Lipinski definition) is 2. The molecule has 0 radical (unpaired) electrons. The zero-order valence-corrected chi connectivity index (χ0v) is 12.2. The molecular weight excluding hydrogens is 258 g/mol. The fraction of sp³-hybridized carbons (Fsp3) is 0.250. The van der Waals surface area contributed by atoms with Gasteiger partial charge in [0, 0.05) is 10.6 Å². The molecule has 1 atom stereocenters. The van der Waals surface area contributed by atoms with Crippen molar-refractivity contribution in [2.75, 3.05) is 14.2 Å². The van der Waals surface area contributed by atoms with Gasteiger partial charge in [-0.1, -0.05) is 35.9 Å². The van der Waals surface area contributed by atoms with Crippen molar-refractivity contribution in [3.8, 4) is 5.75 Å². The number of halogens is 1. The maximum atomic E-state index is 6.12. The van der Waals surface area contributed by atoms with Crippen molar-refractivity contribution in [1.29, 1.82) is 0 Å². The van der Waals surface area contributed by atoms with Gasteiger partial charge < -0.3 is 10.1 Å². The molecule has 100 valence electrons. The van der Waals surface area contributed by atoms with Crippen molar-refractivity contribution in [2.45, 2.75) is 13.0 Å². The minimum absolute atomic E-state index is 0.0647. The minimum Gasteiger partial charge on any atom is -0.496 e. The second-order valence-electron chi connectivity index (χ2n) is 4.46. The fourth-order valence-electron chi connectivity index (χ4n) is 2.32. The Bertz CT molecular complexity index is 568. The number of ether oxygens (including phenoxy) is 1. The molecule has 0 fully saturated rings. The summed E-state index contributed by atoms with van der Waals surface area (Å²) in [4.78, 5) is 0. The van der Waals surface area contributed by atoms with Gasteiger partial charge in [-0.15, -0.1) is 0 Å². The Kier molecular flexibility index (Phi) is 4.46. The number of hydrogen-bond donors (Lipinski definition) is 1. The number of methoxy groups -OCH3 is 1. The van der Waals surface area contributed by atoms with Crippen LogP contribution in [-0.2, 0) is 0 Å². The summed E-state index contributed by atoms with van der Waals surface area (Å²) in [5.41, 5.74) is 3.52. The monoisotopic (exact) mass is 275 g/mol. The van der Waals surface area contributed by atoms with Crippen molar-refractivity contribution in [3.63, 3.8) is 0 Å². The maximum absolute atomic E-state index is 6.12. The number of nitrogens with one attached hydrogen (secondary N) is 1. The molecule has 0 bridgehead atoms. The van der Waals surface area contributed by atoms with E-state index >= 15 is 0 Å². The largest absolute Gasteiger partial charge is 0.496 e. The summed E-state index contributed by atoms with van der Waals surface area (Å²) < 4.78 is 5.45. The van der Waals surface area contributed by atoms with Crippen molar-refractivity contribution < 1.29 is 4.74 Å². The average molecular weight is 276 g/mol. The van der Waals surface area contributed by atoms with Gasteiger partial charge in [-0.3, -0.25) is 0 Å². The summed E-state index contributed by atoms with van der Waals surface area (Å²) in [7, 11) is 3.62. The molecule has 2 aromatic rings. The highest BCUT2D eigenvalue weighted by atomic mass is 35.5. The van der Waals surface area contributed by atoms with Crippen LogP contribution in [-0.4, -0.2) is 14.2 Å². The standard InChI is InChI=1S/C16H18ClNO/c1-11-6-4-5-7-13(11)16(18-2)14-10-12(17)8-9-15(14)19-3/h4-10,16,18H,1-3H3. The van der Waals surface area contributed by atoms with Gasteiger partial charge in [-0.25, -0.2) is 0 Å². The molecule has 0 aromatic heterocycles. The van der Waals surface area contributed by atoms with E-state index in [1.165, 1.54) is 11.1 Å². The summed E-state index contributed by atoms with van der Waals surface area (Å²) in [6.07, 6.45) is 0. The summed E-state index contributed by atoms with van der Waals surface area (Å²) in [5.74, 6) is 0.840. The zero-order valence-electron chi connectivity index (χ0n) is 11.4. The molecule has 2 rings (SSSR count). The summed E-state index contributed by atoms with van der Waals surface area (Å²) in [6.45, 7) is 2.11. The highest BCUT2D eigenvalue weighted by Crippen LogP contribution is 2.33. The number of rotatable bonds is 4. The van der Waals surface area contributed by atoms with Crippen LogP contribution in [0.2, 0.25) is 5.02 Å². The minimum atomic E-state index is 0.0647. The van der Waals surface area contributed by atoms with E-state index in [1.54, 1.807) is 7.11 Å². The van der Waals surface area contributed by atoms with Crippen LogP contribution in [0.1, 0.15) is 22.7 Å². The van der Waals surface area contributed by atoms with Gasteiger partial charge in [-0.05, 0) is 43.3 Å². The lowest BCUT2D eigenvalue weighted by Gasteiger charge is -2.21. The third kappa shape index (κ3) is 2.91. The van der Waals surface area contributed by atoms with Crippen molar-refractivity contribution in [1.82, 2.24) is 5.32 Å². The highest BCUT2D eigenvalue weighted by molar-refractivity contribution is 6.30. The van der Waals surface area contributed by atoms with Crippen LogP contribution in [0.5, 0.6) is 5.75 Å². The Balaban J connectivity index is 2.54. The van der Waals surface area contributed by atoms with Gasteiger partial charge in [0.1, 0.15) is 5.75 Å². The predicted molar refractivity (Wildman–Crippen MR) is 80.1 cm³/mol. The van der Waals surface area contributed by atoms with E-state index in [2.05, 4.69) is 24.4 Å². The van der Waals surface area contributed by atoms with Crippen LogP contribution >= 0.6 is 11.6 Å². The normalized spacial score (nSPS) is 12.2. The lowest BCUT2D eigenvalue weighted by Crippen LogP contribution is -2.19. The van der Waals surface area contributed by atoms with E-state index in [0.717, 1.165) is 11.3 Å². The second-order valence-corrected chi connectivity index (χ2v) is 4.90. The summed E-state index contributed by atoms with van der Waals surface area (Å²) in [5, 5.41) is 4.05. The molecule has 1 N–H and O–H groups in total. The first-order valence-corrected chi connectivity index (χ1v) is 6.61. The van der Waals surface area contributed by atoms with E-state index in [4.69, 9.17) is 16.3 Å². The molecule has 1 unspecified atom stereocenters. The third-order valence-electron chi connectivity index (χ3n) is 3.29. The average Bonchev–Trinajstić information content (AvgIpc) is 2.42. The van der Waals surface area contributed by atoms with Gasteiger partial charge in [0.05, 0.1) is 13.2 Å². The third-order valence-corrected chi connectivity index (χ3v) is 3.53. The number of aryl methyl sites for hydroxylation is 1. The molecule has 0 amide bonds. The summed E-state index contributed by atoms with van der Waals surface area (Å²) >= 11 is 6.12. The smallest absolute Gasteiger partial charge is 0.124 e. The van der Waals surface area contributed by atoms with Crippen LogP contribution in [0.3, 0.4) is 0 Å². The van der Waals surface area contributed by atoms with Crippen molar-refractivity contribution in [3.05, 3.63) is 64.2 Å². The van der Waals surface area contributed by atoms with Crippen LogP contribution in [0, 0.1) is 6.92 Å². The maximum Gasteiger partial charge on any atom is 0.124 e. The van der Waals surface area contributed by atoms with Gasteiger partial charge in [0.15, 0.2) is 0 Å². The van der Waals surface area contributed by atoms with Gasteiger partial charge >= 0.3 is 0 Å². The lowest BCUT2D eigenvalue weighted by molar-refractivity contribution is 0.405. The molecule has 0 aliphatic carbocycles. The van der Waals surface area contributed by atoms with E-state index < -0.39 is 0 Å². The lowest BCUT2D eigenvalue weighted by atomic mass is 9.94. The fourth-order valence-corrected chi connectivity index (χ4v) is 2.50. The first-order chi connectivity index (χ1) is 9.17. The SMILES string of the molecule is CNC(c1ccccc1C)c1cc(Cl)ccc1OC. The Hall–Kier alpha value is -1.51.